The summed E-state index contributed by atoms with van der Waals surface area (Å²) >= 11 is 0. The highest BCUT2D eigenvalue weighted by Gasteiger charge is 2.15. The molecule has 1 aromatic heterocycles. The molecule has 20 heavy (non-hydrogen) atoms. The van der Waals surface area contributed by atoms with E-state index in [2.05, 4.69) is 43.3 Å². The molecule has 0 aliphatic heterocycles. The minimum absolute atomic E-state index is 0.0370. The van der Waals surface area contributed by atoms with E-state index < -0.39 is 0 Å². The molecule has 1 aromatic carbocycles. The van der Waals surface area contributed by atoms with Gasteiger partial charge in [-0.3, -0.25) is 16.3 Å². The van der Waals surface area contributed by atoms with Crippen LogP contribution in [0.3, 0.4) is 0 Å². The van der Waals surface area contributed by atoms with Crippen LogP contribution in [0.5, 0.6) is 0 Å². The lowest BCUT2D eigenvalue weighted by Gasteiger charge is -2.19. The molecule has 106 valence electrons. The number of hydrogen-bond acceptors (Lipinski definition) is 3. The normalized spacial score (nSPS) is 12.4. The van der Waals surface area contributed by atoms with E-state index in [1.165, 1.54) is 22.3 Å². The lowest BCUT2D eigenvalue weighted by molar-refractivity contribution is 0.535. The van der Waals surface area contributed by atoms with Gasteiger partial charge in [-0.2, -0.15) is 0 Å². The summed E-state index contributed by atoms with van der Waals surface area (Å²) in [7, 11) is 0. The summed E-state index contributed by atoms with van der Waals surface area (Å²) in [6, 6.07) is 10.5. The molecule has 2 aromatic rings. The number of benzene rings is 1. The Hall–Kier alpha value is -1.71. The fourth-order valence-electron chi connectivity index (χ4n) is 2.74. The maximum Gasteiger partial charge on any atom is 0.0672 e. The summed E-state index contributed by atoms with van der Waals surface area (Å²) in [5.74, 6) is 5.74. The lowest BCUT2D eigenvalue weighted by Crippen LogP contribution is -2.30. The van der Waals surface area contributed by atoms with Crippen LogP contribution in [0.25, 0.3) is 0 Å². The highest BCUT2D eigenvalue weighted by Crippen LogP contribution is 2.23. The van der Waals surface area contributed by atoms with Crippen LogP contribution in [0, 0.1) is 27.7 Å². The zero-order valence-electron chi connectivity index (χ0n) is 12.7. The summed E-state index contributed by atoms with van der Waals surface area (Å²) in [5.41, 5.74) is 10.2. The summed E-state index contributed by atoms with van der Waals surface area (Å²) in [6.45, 7) is 8.45. The van der Waals surface area contributed by atoms with E-state index in [-0.39, 0.29) is 6.04 Å². The largest absolute Gasteiger partial charge is 0.271 e. The van der Waals surface area contributed by atoms with E-state index in [4.69, 9.17) is 5.84 Å². The third-order valence-corrected chi connectivity index (χ3v) is 3.72. The first-order valence-corrected chi connectivity index (χ1v) is 6.97. The molecular formula is C17H23N3. The zero-order chi connectivity index (χ0) is 14.7. The molecule has 0 radical (unpaired) electrons. The molecule has 0 saturated carbocycles. The van der Waals surface area contributed by atoms with Crippen LogP contribution >= 0.6 is 0 Å². The van der Waals surface area contributed by atoms with E-state index in [1.807, 2.05) is 25.1 Å². The second kappa shape index (κ2) is 6.16. The Bertz CT molecular complexity index is 582. The first kappa shape index (κ1) is 14.7. The van der Waals surface area contributed by atoms with Crippen molar-refractivity contribution in [3.63, 3.8) is 0 Å². The van der Waals surface area contributed by atoms with Crippen LogP contribution in [0.4, 0.5) is 0 Å². The number of aryl methyl sites for hydroxylation is 4. The highest BCUT2D eigenvalue weighted by atomic mass is 15.2. The van der Waals surface area contributed by atoms with Crippen molar-refractivity contribution >= 4 is 0 Å². The maximum atomic E-state index is 5.74. The van der Waals surface area contributed by atoms with Crippen LogP contribution < -0.4 is 11.3 Å². The Kier molecular flexibility index (Phi) is 4.53. The number of hydrazine groups is 1. The Morgan fingerprint density at radius 3 is 2.30 bits per heavy atom. The molecule has 0 amide bonds. The third-order valence-electron chi connectivity index (χ3n) is 3.72. The van der Waals surface area contributed by atoms with Crippen LogP contribution in [0.15, 0.2) is 30.3 Å². The predicted molar refractivity (Wildman–Crippen MR) is 83.4 cm³/mol. The topological polar surface area (TPSA) is 50.9 Å². The number of pyridine rings is 1. The number of rotatable bonds is 4. The van der Waals surface area contributed by atoms with Crippen molar-refractivity contribution in [3.05, 3.63) is 64.0 Å². The van der Waals surface area contributed by atoms with E-state index >= 15 is 0 Å². The fraction of sp³-hybridized carbons (Fsp3) is 0.353. The summed E-state index contributed by atoms with van der Waals surface area (Å²) < 4.78 is 0. The molecule has 1 heterocycles. The van der Waals surface area contributed by atoms with Crippen LogP contribution in [0.2, 0.25) is 0 Å². The zero-order valence-corrected chi connectivity index (χ0v) is 12.7. The smallest absolute Gasteiger partial charge is 0.0672 e. The average molecular weight is 269 g/mol. The standard InChI is InChI=1S/C17H23N3/c1-11-8-12(2)15(13(3)9-11)10-17(20-18)16-7-5-6-14(4)19-16/h5-9,17,20H,10,18H2,1-4H3. The first-order valence-electron chi connectivity index (χ1n) is 6.97. The molecule has 0 saturated heterocycles. The van der Waals surface area contributed by atoms with Gasteiger partial charge in [0.25, 0.3) is 0 Å². The number of nitrogens with zero attached hydrogens (tertiary/aromatic N) is 1. The molecule has 3 heteroatoms. The summed E-state index contributed by atoms with van der Waals surface area (Å²) in [4.78, 5) is 4.57. The molecule has 1 atom stereocenters. The minimum Gasteiger partial charge on any atom is -0.271 e. The van der Waals surface area contributed by atoms with Gasteiger partial charge < -0.3 is 0 Å². The molecule has 0 spiro atoms. The Balaban J connectivity index is 2.32. The molecule has 1 unspecified atom stereocenters. The van der Waals surface area contributed by atoms with Gasteiger partial charge in [-0.05, 0) is 62.9 Å². The Labute approximate surface area is 121 Å². The van der Waals surface area contributed by atoms with Gasteiger partial charge in [0.2, 0.25) is 0 Å². The lowest BCUT2D eigenvalue weighted by atomic mass is 9.93. The first-order chi connectivity index (χ1) is 9.51. The third kappa shape index (κ3) is 3.24. The second-order valence-electron chi connectivity index (χ2n) is 5.50. The minimum atomic E-state index is 0.0370. The molecule has 0 aliphatic carbocycles. The average Bonchev–Trinajstić information content (AvgIpc) is 2.38. The van der Waals surface area contributed by atoms with E-state index in [1.54, 1.807) is 0 Å². The van der Waals surface area contributed by atoms with Gasteiger partial charge in [0, 0.05) is 5.69 Å². The van der Waals surface area contributed by atoms with Gasteiger partial charge in [0.1, 0.15) is 0 Å². The van der Waals surface area contributed by atoms with Crippen molar-refractivity contribution in [1.29, 1.82) is 0 Å². The molecule has 0 fully saturated rings. The van der Waals surface area contributed by atoms with Crippen LogP contribution in [0.1, 0.15) is 39.7 Å². The summed E-state index contributed by atoms with van der Waals surface area (Å²) in [6.07, 6.45) is 0.852. The van der Waals surface area contributed by atoms with Crippen molar-refractivity contribution in [2.45, 2.75) is 40.2 Å². The number of nitrogens with two attached hydrogens (primary N) is 1. The monoisotopic (exact) mass is 269 g/mol. The van der Waals surface area contributed by atoms with Gasteiger partial charge in [-0.25, -0.2) is 0 Å². The Morgan fingerprint density at radius 2 is 1.75 bits per heavy atom. The van der Waals surface area contributed by atoms with Gasteiger partial charge in [-0.15, -0.1) is 0 Å². The van der Waals surface area contributed by atoms with Crippen molar-refractivity contribution < 1.29 is 0 Å². The van der Waals surface area contributed by atoms with Gasteiger partial charge >= 0.3 is 0 Å². The molecule has 3 N–H and O–H groups in total. The van der Waals surface area contributed by atoms with Gasteiger partial charge in [-0.1, -0.05) is 23.8 Å². The van der Waals surface area contributed by atoms with Crippen molar-refractivity contribution in [3.8, 4) is 0 Å². The second-order valence-corrected chi connectivity index (χ2v) is 5.50. The van der Waals surface area contributed by atoms with Crippen molar-refractivity contribution in [2.24, 2.45) is 5.84 Å². The number of aromatic nitrogens is 1. The molecule has 0 aliphatic rings. The van der Waals surface area contributed by atoms with Crippen molar-refractivity contribution in [2.75, 3.05) is 0 Å². The van der Waals surface area contributed by atoms with E-state index in [0.717, 1.165) is 17.8 Å². The molecule has 0 bridgehead atoms. The number of hydrogen-bond donors (Lipinski definition) is 2. The van der Waals surface area contributed by atoms with Crippen LogP contribution in [-0.4, -0.2) is 4.98 Å². The maximum absolute atomic E-state index is 5.74. The van der Waals surface area contributed by atoms with E-state index in [0.29, 0.717) is 0 Å². The quantitative estimate of drug-likeness (QED) is 0.662. The van der Waals surface area contributed by atoms with Crippen LogP contribution in [-0.2, 0) is 6.42 Å². The summed E-state index contributed by atoms with van der Waals surface area (Å²) in [5, 5.41) is 0. The molecule has 2 rings (SSSR count). The molecular weight excluding hydrogens is 246 g/mol. The molecule has 3 nitrogen and oxygen atoms in total. The predicted octanol–water partition coefficient (Wildman–Crippen LogP) is 3.06. The van der Waals surface area contributed by atoms with Gasteiger partial charge in [0.05, 0.1) is 11.7 Å². The van der Waals surface area contributed by atoms with Crippen molar-refractivity contribution in [1.82, 2.24) is 10.4 Å². The number of nitrogens with one attached hydrogen (secondary N) is 1. The Morgan fingerprint density at radius 1 is 1.10 bits per heavy atom. The SMILES string of the molecule is Cc1cc(C)c(CC(NN)c2cccc(C)n2)c(C)c1. The van der Waals surface area contributed by atoms with E-state index in [9.17, 15) is 0 Å². The highest BCUT2D eigenvalue weighted by molar-refractivity contribution is 5.38. The van der Waals surface area contributed by atoms with Gasteiger partial charge in [0.15, 0.2) is 0 Å². The fourth-order valence-corrected chi connectivity index (χ4v) is 2.74.